The lowest BCUT2D eigenvalue weighted by Gasteiger charge is -2.22. The number of hydrogen-bond donors (Lipinski definition) is 2. The number of carbonyl (C=O) groups excluding carboxylic acids is 1. The first-order chi connectivity index (χ1) is 8.26. The lowest BCUT2D eigenvalue weighted by atomic mass is 9.95. The number of nitrogens with one attached hydrogen (secondary N) is 1. The molecule has 17 heavy (non-hydrogen) atoms. The van der Waals surface area contributed by atoms with Gasteiger partial charge in [0, 0.05) is 6.54 Å². The van der Waals surface area contributed by atoms with E-state index in [2.05, 4.69) is 5.32 Å². The van der Waals surface area contributed by atoms with E-state index in [-0.39, 0.29) is 30.3 Å². The van der Waals surface area contributed by atoms with Crippen molar-refractivity contribution >= 4 is 5.91 Å². The van der Waals surface area contributed by atoms with Gasteiger partial charge in [-0.25, -0.2) is 0 Å². The number of rotatable bonds is 3. The molecule has 2 bridgehead atoms. The largest absolute Gasteiger partial charge is 0.373 e. The second-order valence-electron chi connectivity index (χ2n) is 5.28. The van der Waals surface area contributed by atoms with Crippen LogP contribution in [-0.2, 0) is 14.3 Å². The summed E-state index contributed by atoms with van der Waals surface area (Å²) in [5.41, 5.74) is 5.53. The van der Waals surface area contributed by atoms with Crippen LogP contribution in [0, 0.1) is 0 Å². The van der Waals surface area contributed by atoms with Crippen LogP contribution in [0.4, 0.5) is 0 Å². The van der Waals surface area contributed by atoms with Crippen LogP contribution >= 0.6 is 0 Å². The minimum absolute atomic E-state index is 0.0158. The Morgan fingerprint density at radius 3 is 2.71 bits per heavy atom. The molecule has 3 saturated heterocycles. The summed E-state index contributed by atoms with van der Waals surface area (Å²) in [5, 5.41) is 3.07. The first-order valence-corrected chi connectivity index (χ1v) is 6.57. The Hall–Kier alpha value is -0.650. The van der Waals surface area contributed by atoms with Crippen molar-refractivity contribution in [3.63, 3.8) is 0 Å². The smallest absolute Gasteiger partial charge is 0.249 e. The molecular formula is C12H20N2O3. The number of fused-ring (bicyclic) bond motifs is 2. The zero-order valence-corrected chi connectivity index (χ0v) is 9.93. The SMILES string of the molecule is NC[C@H]1CC[C@@H](C(=O)N[C@@H]2C[C@H]3CC[C@@H]2O3)O1. The number of amides is 1. The summed E-state index contributed by atoms with van der Waals surface area (Å²) in [6, 6.07) is 0.196. The Morgan fingerprint density at radius 1 is 1.24 bits per heavy atom. The predicted molar refractivity (Wildman–Crippen MR) is 61.4 cm³/mol. The highest BCUT2D eigenvalue weighted by Gasteiger charge is 2.42. The molecule has 3 heterocycles. The van der Waals surface area contributed by atoms with Gasteiger partial charge < -0.3 is 20.5 Å². The van der Waals surface area contributed by atoms with Gasteiger partial charge >= 0.3 is 0 Å². The van der Waals surface area contributed by atoms with Gasteiger partial charge in [-0.1, -0.05) is 0 Å². The first-order valence-electron chi connectivity index (χ1n) is 6.57. The highest BCUT2D eigenvalue weighted by atomic mass is 16.5. The number of hydrogen-bond acceptors (Lipinski definition) is 4. The van der Waals surface area contributed by atoms with Gasteiger partial charge in [-0.05, 0) is 32.1 Å². The first kappa shape index (κ1) is 11.4. The molecule has 0 aromatic heterocycles. The van der Waals surface area contributed by atoms with Crippen molar-refractivity contribution in [2.75, 3.05) is 6.54 Å². The van der Waals surface area contributed by atoms with Gasteiger partial charge in [0.05, 0.1) is 24.4 Å². The predicted octanol–water partition coefficient (Wildman–Crippen LogP) is -0.0712. The number of nitrogens with two attached hydrogens (primary N) is 1. The van der Waals surface area contributed by atoms with Gasteiger partial charge in [0.2, 0.25) is 5.91 Å². The molecule has 0 aromatic rings. The second kappa shape index (κ2) is 4.55. The van der Waals surface area contributed by atoms with Gasteiger partial charge in [-0.3, -0.25) is 4.79 Å². The molecule has 3 aliphatic heterocycles. The van der Waals surface area contributed by atoms with E-state index < -0.39 is 0 Å². The molecule has 0 radical (unpaired) electrons. The monoisotopic (exact) mass is 240 g/mol. The molecule has 5 atom stereocenters. The zero-order chi connectivity index (χ0) is 11.8. The van der Waals surface area contributed by atoms with Crippen LogP contribution in [0.25, 0.3) is 0 Å². The Bertz CT molecular complexity index is 310. The molecule has 5 nitrogen and oxygen atoms in total. The molecule has 0 aliphatic carbocycles. The van der Waals surface area contributed by atoms with Gasteiger partial charge in [-0.2, -0.15) is 0 Å². The van der Waals surface area contributed by atoms with Crippen molar-refractivity contribution in [2.45, 2.75) is 62.6 Å². The molecule has 0 aromatic carbocycles. The topological polar surface area (TPSA) is 73.6 Å². The number of carbonyl (C=O) groups is 1. The molecule has 96 valence electrons. The van der Waals surface area contributed by atoms with Crippen molar-refractivity contribution in [1.29, 1.82) is 0 Å². The van der Waals surface area contributed by atoms with E-state index in [0.29, 0.717) is 12.6 Å². The molecule has 3 aliphatic rings. The van der Waals surface area contributed by atoms with Gasteiger partial charge in [0.25, 0.3) is 0 Å². The van der Waals surface area contributed by atoms with Crippen molar-refractivity contribution in [3.8, 4) is 0 Å². The molecule has 0 unspecified atom stereocenters. The quantitative estimate of drug-likeness (QED) is 0.724. The maximum Gasteiger partial charge on any atom is 0.249 e. The third-order valence-corrected chi connectivity index (χ3v) is 4.10. The van der Waals surface area contributed by atoms with E-state index in [9.17, 15) is 4.79 Å². The fourth-order valence-corrected chi connectivity index (χ4v) is 3.14. The highest BCUT2D eigenvalue weighted by molar-refractivity contribution is 5.81. The average molecular weight is 240 g/mol. The summed E-state index contributed by atoms with van der Waals surface area (Å²) < 4.78 is 11.3. The molecule has 0 spiro atoms. The van der Waals surface area contributed by atoms with Gasteiger partial charge in [0.1, 0.15) is 6.10 Å². The van der Waals surface area contributed by atoms with Gasteiger partial charge in [0.15, 0.2) is 0 Å². The lowest BCUT2D eigenvalue weighted by molar-refractivity contribution is -0.133. The Balaban J connectivity index is 1.51. The number of ether oxygens (including phenoxy) is 2. The summed E-state index contributed by atoms with van der Waals surface area (Å²) in [6.45, 7) is 0.501. The van der Waals surface area contributed by atoms with Crippen LogP contribution in [0.5, 0.6) is 0 Å². The van der Waals surface area contributed by atoms with Crippen molar-refractivity contribution < 1.29 is 14.3 Å². The second-order valence-corrected chi connectivity index (χ2v) is 5.28. The molecule has 3 N–H and O–H groups in total. The third-order valence-electron chi connectivity index (χ3n) is 4.10. The van der Waals surface area contributed by atoms with E-state index in [4.69, 9.17) is 15.2 Å². The Kier molecular flexibility index (Phi) is 3.06. The summed E-state index contributed by atoms with van der Waals surface area (Å²) in [7, 11) is 0. The lowest BCUT2D eigenvalue weighted by Crippen LogP contribution is -2.46. The Labute approximate surface area is 101 Å². The van der Waals surface area contributed by atoms with Crippen molar-refractivity contribution in [1.82, 2.24) is 5.32 Å². The van der Waals surface area contributed by atoms with E-state index in [1.54, 1.807) is 0 Å². The van der Waals surface area contributed by atoms with E-state index in [1.165, 1.54) is 0 Å². The summed E-state index contributed by atoms with van der Waals surface area (Å²) in [4.78, 5) is 12.0. The molecule has 0 saturated carbocycles. The van der Waals surface area contributed by atoms with Crippen molar-refractivity contribution in [2.24, 2.45) is 5.73 Å². The standard InChI is InChI=1S/C12H20N2O3/c13-6-8-2-4-11(17-8)12(15)14-9-5-7-1-3-10(9)16-7/h7-11H,1-6,13H2,(H,14,15)/t7-,8-,9-,10+,11+/m1/s1. The van der Waals surface area contributed by atoms with E-state index in [0.717, 1.165) is 32.1 Å². The fraction of sp³-hybridized carbons (Fsp3) is 0.917. The average Bonchev–Trinajstić information content (AvgIpc) is 3.04. The van der Waals surface area contributed by atoms with Crippen LogP contribution in [0.1, 0.15) is 32.1 Å². The molecular weight excluding hydrogens is 220 g/mol. The maximum atomic E-state index is 12.0. The minimum Gasteiger partial charge on any atom is -0.373 e. The van der Waals surface area contributed by atoms with Gasteiger partial charge in [-0.15, -0.1) is 0 Å². The zero-order valence-electron chi connectivity index (χ0n) is 9.93. The van der Waals surface area contributed by atoms with E-state index >= 15 is 0 Å². The minimum atomic E-state index is -0.303. The maximum absolute atomic E-state index is 12.0. The van der Waals surface area contributed by atoms with Crippen molar-refractivity contribution in [3.05, 3.63) is 0 Å². The normalized spacial score (nSPS) is 44.2. The van der Waals surface area contributed by atoms with Crippen LogP contribution in [0.15, 0.2) is 0 Å². The van der Waals surface area contributed by atoms with Crippen LogP contribution in [0.2, 0.25) is 0 Å². The summed E-state index contributed by atoms with van der Waals surface area (Å²) in [6.07, 6.45) is 5.21. The molecule has 3 fully saturated rings. The van der Waals surface area contributed by atoms with Crippen LogP contribution in [0.3, 0.4) is 0 Å². The van der Waals surface area contributed by atoms with Crippen LogP contribution < -0.4 is 11.1 Å². The molecule has 3 rings (SSSR count). The summed E-state index contributed by atoms with van der Waals surface area (Å²) in [5.74, 6) is 0.0158. The Morgan fingerprint density at radius 2 is 2.12 bits per heavy atom. The summed E-state index contributed by atoms with van der Waals surface area (Å²) >= 11 is 0. The molecule has 5 heteroatoms. The van der Waals surface area contributed by atoms with E-state index in [1.807, 2.05) is 0 Å². The highest BCUT2D eigenvalue weighted by Crippen LogP contribution is 2.34. The third kappa shape index (κ3) is 2.19. The van der Waals surface area contributed by atoms with Crippen LogP contribution in [-0.4, -0.2) is 42.9 Å². The fourth-order valence-electron chi connectivity index (χ4n) is 3.14. The molecule has 1 amide bonds.